The van der Waals surface area contributed by atoms with Crippen molar-refractivity contribution in [2.24, 2.45) is 18.0 Å². The third-order valence-electron chi connectivity index (χ3n) is 4.09. The largest absolute Gasteiger partial charge is 0.384 e. The normalized spacial score (nSPS) is 18.0. The topological polar surface area (TPSA) is 57.9 Å². The van der Waals surface area contributed by atoms with Gasteiger partial charge in [0.1, 0.15) is 0 Å². The first-order chi connectivity index (χ1) is 10.6. The first-order valence-electron chi connectivity index (χ1n) is 7.69. The Morgan fingerprint density at radius 2 is 2.26 bits per heavy atom. The molecule has 8 heteroatoms. The monoisotopic (exact) mass is 436 g/mol. The number of hydrogen-bond acceptors (Lipinski definition) is 4. The lowest BCUT2D eigenvalue weighted by molar-refractivity contribution is 0.157. The van der Waals surface area contributed by atoms with Crippen LogP contribution in [0.1, 0.15) is 12.1 Å². The maximum Gasteiger partial charge on any atom is 0.204 e. The first kappa shape index (κ1) is 20.0. The Labute approximate surface area is 156 Å². The second kappa shape index (κ2) is 9.31. The number of aliphatic imine (C=N–C) groups is 1. The molecule has 1 aromatic heterocycles. The minimum absolute atomic E-state index is 0. The molecule has 0 radical (unpaired) electrons. The highest BCUT2D eigenvalue weighted by Gasteiger charge is 2.24. The van der Waals surface area contributed by atoms with Gasteiger partial charge in [0.15, 0.2) is 5.96 Å². The van der Waals surface area contributed by atoms with Gasteiger partial charge in [-0.3, -0.25) is 4.99 Å². The number of likely N-dealkylation sites (tertiary alicyclic amines) is 1. The van der Waals surface area contributed by atoms with Gasteiger partial charge in [-0.05, 0) is 6.42 Å². The molecule has 1 aromatic rings. The van der Waals surface area contributed by atoms with Gasteiger partial charge >= 0.3 is 0 Å². The third-order valence-corrected chi connectivity index (χ3v) is 4.09. The summed E-state index contributed by atoms with van der Waals surface area (Å²) in [6.45, 7) is 3.57. The van der Waals surface area contributed by atoms with Gasteiger partial charge in [-0.2, -0.15) is 0 Å². The second-order valence-electron chi connectivity index (χ2n) is 5.96. The molecule has 1 atom stereocenters. The molecule has 2 heterocycles. The van der Waals surface area contributed by atoms with E-state index in [0.29, 0.717) is 5.92 Å². The van der Waals surface area contributed by atoms with Crippen LogP contribution in [0.2, 0.25) is 0 Å². The van der Waals surface area contributed by atoms with E-state index in [1.807, 2.05) is 39.3 Å². The van der Waals surface area contributed by atoms with Crippen molar-refractivity contribution in [3.8, 4) is 0 Å². The molecule has 1 aliphatic rings. The molecule has 0 saturated carbocycles. The molecule has 1 saturated heterocycles. The SMILES string of the molecule is CN=C(NCc1cnc(N(C)C)n1C)N1CCC(COC)C1.I. The third kappa shape index (κ3) is 4.97. The van der Waals surface area contributed by atoms with Gasteiger partial charge < -0.3 is 24.4 Å². The summed E-state index contributed by atoms with van der Waals surface area (Å²) in [5, 5.41) is 3.44. The molecule has 1 N–H and O–H groups in total. The Morgan fingerprint density at radius 3 is 2.83 bits per heavy atom. The second-order valence-corrected chi connectivity index (χ2v) is 5.96. The molecule has 7 nitrogen and oxygen atoms in total. The van der Waals surface area contributed by atoms with E-state index in [-0.39, 0.29) is 24.0 Å². The van der Waals surface area contributed by atoms with Crippen LogP contribution >= 0.6 is 24.0 Å². The maximum atomic E-state index is 5.25. The van der Waals surface area contributed by atoms with Crippen molar-refractivity contribution in [1.29, 1.82) is 0 Å². The van der Waals surface area contributed by atoms with Crippen molar-refractivity contribution in [2.75, 3.05) is 52.8 Å². The van der Waals surface area contributed by atoms with Crippen LogP contribution in [-0.4, -0.2) is 68.4 Å². The Hall–Kier alpha value is -1.03. The highest BCUT2D eigenvalue weighted by atomic mass is 127. The predicted molar refractivity (Wildman–Crippen MR) is 105 cm³/mol. The number of anilines is 1. The molecular weight excluding hydrogens is 407 g/mol. The van der Waals surface area contributed by atoms with E-state index in [1.165, 1.54) is 0 Å². The number of methoxy groups -OCH3 is 1. The van der Waals surface area contributed by atoms with Crippen molar-refractivity contribution in [3.63, 3.8) is 0 Å². The summed E-state index contributed by atoms with van der Waals surface area (Å²) >= 11 is 0. The van der Waals surface area contributed by atoms with Crippen molar-refractivity contribution < 1.29 is 4.74 Å². The van der Waals surface area contributed by atoms with Crippen LogP contribution in [0, 0.1) is 5.92 Å². The van der Waals surface area contributed by atoms with Gasteiger partial charge in [0.05, 0.1) is 25.0 Å². The summed E-state index contributed by atoms with van der Waals surface area (Å²) in [5.74, 6) is 2.50. The molecule has 132 valence electrons. The molecule has 1 fully saturated rings. The van der Waals surface area contributed by atoms with Gasteiger partial charge in [-0.15, -0.1) is 24.0 Å². The van der Waals surface area contributed by atoms with Crippen molar-refractivity contribution >= 4 is 35.9 Å². The number of nitrogens with zero attached hydrogens (tertiary/aromatic N) is 5. The molecule has 0 spiro atoms. The van der Waals surface area contributed by atoms with Crippen molar-refractivity contribution in [1.82, 2.24) is 19.8 Å². The van der Waals surface area contributed by atoms with E-state index in [0.717, 1.165) is 50.3 Å². The van der Waals surface area contributed by atoms with Gasteiger partial charge in [0.25, 0.3) is 0 Å². The van der Waals surface area contributed by atoms with Crippen molar-refractivity contribution in [3.05, 3.63) is 11.9 Å². The molecule has 0 aromatic carbocycles. The highest BCUT2D eigenvalue weighted by molar-refractivity contribution is 14.0. The minimum atomic E-state index is 0. The number of rotatable bonds is 5. The molecule has 0 bridgehead atoms. The molecule has 1 aliphatic heterocycles. The number of nitrogens with one attached hydrogen (secondary N) is 1. The van der Waals surface area contributed by atoms with E-state index in [4.69, 9.17) is 4.74 Å². The lowest BCUT2D eigenvalue weighted by atomic mass is 10.1. The summed E-state index contributed by atoms with van der Waals surface area (Å²) in [7, 11) is 9.63. The summed E-state index contributed by atoms with van der Waals surface area (Å²) in [6.07, 6.45) is 3.07. The van der Waals surface area contributed by atoms with Crippen LogP contribution in [0.25, 0.3) is 0 Å². The molecular formula is C15H29IN6O. The van der Waals surface area contributed by atoms with E-state index in [2.05, 4.69) is 24.8 Å². The number of hydrogen-bond donors (Lipinski definition) is 1. The molecule has 2 rings (SSSR count). The lowest BCUT2D eigenvalue weighted by Crippen LogP contribution is -2.40. The van der Waals surface area contributed by atoms with Crippen LogP contribution < -0.4 is 10.2 Å². The smallest absolute Gasteiger partial charge is 0.204 e. The van der Waals surface area contributed by atoms with Gasteiger partial charge in [-0.25, -0.2) is 4.98 Å². The fourth-order valence-corrected chi connectivity index (χ4v) is 2.91. The molecule has 0 amide bonds. The van der Waals surface area contributed by atoms with Crippen LogP contribution in [0.5, 0.6) is 0 Å². The standard InChI is InChI=1S/C15H28N6O.HI/c1-16-14(21-7-6-12(10-21)11-22-5)17-8-13-9-18-15(19(2)3)20(13)4;/h9,12H,6-8,10-11H2,1-5H3,(H,16,17);1H. The van der Waals surface area contributed by atoms with E-state index < -0.39 is 0 Å². The summed E-state index contributed by atoms with van der Waals surface area (Å²) < 4.78 is 7.35. The predicted octanol–water partition coefficient (Wildman–Crippen LogP) is 1.15. The van der Waals surface area contributed by atoms with Crippen LogP contribution in [0.3, 0.4) is 0 Å². The molecule has 1 unspecified atom stereocenters. The van der Waals surface area contributed by atoms with E-state index in [1.54, 1.807) is 7.11 Å². The molecule has 0 aliphatic carbocycles. The average molecular weight is 436 g/mol. The summed E-state index contributed by atoms with van der Waals surface area (Å²) in [4.78, 5) is 13.1. The number of imidazole rings is 1. The van der Waals surface area contributed by atoms with E-state index in [9.17, 15) is 0 Å². The Bertz CT molecular complexity index is 516. The van der Waals surface area contributed by atoms with Crippen molar-refractivity contribution in [2.45, 2.75) is 13.0 Å². The Morgan fingerprint density at radius 1 is 1.52 bits per heavy atom. The number of guanidine groups is 1. The van der Waals surface area contributed by atoms with E-state index >= 15 is 0 Å². The first-order valence-corrected chi connectivity index (χ1v) is 7.69. The summed E-state index contributed by atoms with van der Waals surface area (Å²) in [6, 6.07) is 0. The zero-order valence-corrected chi connectivity index (χ0v) is 17.1. The quantitative estimate of drug-likeness (QED) is 0.427. The van der Waals surface area contributed by atoms with Crippen LogP contribution in [0.4, 0.5) is 5.95 Å². The highest BCUT2D eigenvalue weighted by Crippen LogP contribution is 2.16. The number of halogens is 1. The minimum Gasteiger partial charge on any atom is -0.384 e. The fourth-order valence-electron chi connectivity index (χ4n) is 2.91. The average Bonchev–Trinajstić information content (AvgIpc) is 3.08. The van der Waals surface area contributed by atoms with Crippen LogP contribution in [-0.2, 0) is 18.3 Å². The zero-order valence-electron chi connectivity index (χ0n) is 14.7. The molecule has 23 heavy (non-hydrogen) atoms. The fraction of sp³-hybridized carbons (Fsp3) is 0.733. The van der Waals surface area contributed by atoms with Gasteiger partial charge in [0.2, 0.25) is 5.95 Å². The van der Waals surface area contributed by atoms with Crippen LogP contribution in [0.15, 0.2) is 11.2 Å². The Kier molecular flexibility index (Phi) is 8.10. The number of ether oxygens (including phenoxy) is 1. The Balaban J connectivity index is 0.00000264. The summed E-state index contributed by atoms with van der Waals surface area (Å²) in [5.41, 5.74) is 1.14. The number of aromatic nitrogens is 2. The lowest BCUT2D eigenvalue weighted by Gasteiger charge is -2.22. The van der Waals surface area contributed by atoms with Gasteiger partial charge in [0, 0.05) is 54.3 Å². The maximum absolute atomic E-state index is 5.25. The van der Waals surface area contributed by atoms with Gasteiger partial charge in [-0.1, -0.05) is 0 Å². The zero-order chi connectivity index (χ0) is 16.1.